The number of rotatable bonds is 4. The topological polar surface area (TPSA) is 0 Å². The highest BCUT2D eigenvalue weighted by molar-refractivity contribution is 8.00. The highest BCUT2D eigenvalue weighted by Gasteiger charge is 2.23. The minimum atomic E-state index is -0.0807. The molecule has 86 valence electrons. The van der Waals surface area contributed by atoms with Crippen LogP contribution in [0.15, 0.2) is 78.2 Å². The summed E-state index contributed by atoms with van der Waals surface area (Å²) < 4.78 is -0.0807. The van der Waals surface area contributed by atoms with E-state index in [0.29, 0.717) is 0 Å². The predicted molar refractivity (Wildman–Crippen MR) is 76.3 cm³/mol. The van der Waals surface area contributed by atoms with Crippen molar-refractivity contribution in [2.45, 2.75) is 16.6 Å². The van der Waals surface area contributed by atoms with Gasteiger partial charge in [-0.2, -0.15) is 0 Å². The van der Waals surface area contributed by atoms with Gasteiger partial charge in [0.2, 0.25) is 0 Å². The minimum absolute atomic E-state index is 0.0807. The van der Waals surface area contributed by atoms with Crippen molar-refractivity contribution in [1.29, 1.82) is 0 Å². The molecule has 0 N–H and O–H groups in total. The van der Waals surface area contributed by atoms with E-state index in [2.05, 4.69) is 62.0 Å². The van der Waals surface area contributed by atoms with Crippen molar-refractivity contribution in [2.75, 3.05) is 0 Å². The van der Waals surface area contributed by atoms with Gasteiger partial charge >= 0.3 is 0 Å². The van der Waals surface area contributed by atoms with E-state index in [1.807, 2.05) is 30.0 Å². The Kier molecular flexibility index (Phi) is 3.70. The van der Waals surface area contributed by atoms with E-state index >= 15 is 0 Å². The maximum atomic E-state index is 3.98. The van der Waals surface area contributed by atoms with Crippen molar-refractivity contribution in [3.05, 3.63) is 78.9 Å². The van der Waals surface area contributed by atoms with Crippen LogP contribution < -0.4 is 0 Å². The Hall–Kier alpha value is -1.47. The van der Waals surface area contributed by atoms with Gasteiger partial charge in [0.25, 0.3) is 0 Å². The van der Waals surface area contributed by atoms with Gasteiger partial charge in [-0.1, -0.05) is 54.6 Å². The lowest BCUT2D eigenvalue weighted by Gasteiger charge is -2.25. The number of hydrogen-bond acceptors (Lipinski definition) is 1. The van der Waals surface area contributed by atoms with Gasteiger partial charge in [0.15, 0.2) is 0 Å². The average Bonchev–Trinajstić information content (AvgIpc) is 2.41. The lowest BCUT2D eigenvalue weighted by atomic mass is 10.0. The molecule has 0 fully saturated rings. The summed E-state index contributed by atoms with van der Waals surface area (Å²) in [6.07, 6.45) is 2.01. The first-order chi connectivity index (χ1) is 8.24. The number of hydrogen-bond donors (Lipinski definition) is 0. The molecule has 2 rings (SSSR count). The van der Waals surface area contributed by atoms with Gasteiger partial charge in [-0.3, -0.25) is 0 Å². The number of thioether (sulfide) groups is 1. The van der Waals surface area contributed by atoms with Gasteiger partial charge < -0.3 is 0 Å². The zero-order chi connectivity index (χ0) is 12.1. The molecular weight excluding hydrogens is 224 g/mol. The standard InChI is InChI=1S/C16H16S/c1-3-16(2,14-10-6-4-7-11-14)17-15-12-8-5-9-13-15/h3-13H,1H2,2H3/t16-/m0/s1. The van der Waals surface area contributed by atoms with E-state index in [0.717, 1.165) is 0 Å². The molecule has 0 spiro atoms. The molecule has 0 saturated carbocycles. The molecule has 0 heterocycles. The summed E-state index contributed by atoms with van der Waals surface area (Å²) >= 11 is 1.83. The molecule has 0 aliphatic heterocycles. The SMILES string of the molecule is C=C[C@](C)(Sc1ccccc1)c1ccccc1. The third-order valence-corrected chi connectivity index (χ3v) is 4.14. The van der Waals surface area contributed by atoms with Crippen molar-refractivity contribution in [3.8, 4) is 0 Å². The molecule has 2 aromatic rings. The van der Waals surface area contributed by atoms with Crippen molar-refractivity contribution in [1.82, 2.24) is 0 Å². The van der Waals surface area contributed by atoms with Crippen LogP contribution in [0.5, 0.6) is 0 Å². The smallest absolute Gasteiger partial charge is 0.0604 e. The van der Waals surface area contributed by atoms with E-state index in [9.17, 15) is 0 Å². The van der Waals surface area contributed by atoms with Gasteiger partial charge in [0, 0.05) is 4.90 Å². The maximum absolute atomic E-state index is 3.98. The van der Waals surface area contributed by atoms with Gasteiger partial charge in [0.05, 0.1) is 4.75 Å². The monoisotopic (exact) mass is 240 g/mol. The van der Waals surface area contributed by atoms with Crippen molar-refractivity contribution in [3.63, 3.8) is 0 Å². The Labute approximate surface area is 107 Å². The lowest BCUT2D eigenvalue weighted by molar-refractivity contribution is 0.881. The zero-order valence-electron chi connectivity index (χ0n) is 9.97. The van der Waals surface area contributed by atoms with E-state index < -0.39 is 0 Å². The highest BCUT2D eigenvalue weighted by atomic mass is 32.2. The van der Waals surface area contributed by atoms with Crippen LogP contribution in [-0.2, 0) is 4.75 Å². The number of benzene rings is 2. The van der Waals surface area contributed by atoms with E-state index in [1.54, 1.807) is 0 Å². The maximum Gasteiger partial charge on any atom is 0.0604 e. The Morgan fingerprint density at radius 3 is 2.00 bits per heavy atom. The predicted octanol–water partition coefficient (Wildman–Crippen LogP) is 4.88. The molecule has 0 nitrogen and oxygen atoms in total. The third-order valence-electron chi connectivity index (χ3n) is 2.81. The molecule has 0 aliphatic rings. The fraction of sp³-hybridized carbons (Fsp3) is 0.125. The second-order valence-corrected chi connectivity index (χ2v) is 5.62. The summed E-state index contributed by atoms with van der Waals surface area (Å²) in [7, 11) is 0. The summed E-state index contributed by atoms with van der Waals surface area (Å²) in [4.78, 5) is 1.26. The largest absolute Gasteiger partial charge is 0.111 e. The molecule has 0 saturated heterocycles. The van der Waals surface area contributed by atoms with Crippen LogP contribution in [0, 0.1) is 0 Å². The normalized spacial score (nSPS) is 13.9. The molecule has 1 atom stereocenters. The van der Waals surface area contributed by atoms with E-state index in [4.69, 9.17) is 0 Å². The summed E-state index contributed by atoms with van der Waals surface area (Å²) in [5.41, 5.74) is 1.28. The fourth-order valence-corrected chi connectivity index (χ4v) is 2.84. The van der Waals surface area contributed by atoms with Gasteiger partial charge in [-0.25, -0.2) is 0 Å². The minimum Gasteiger partial charge on any atom is -0.111 e. The Morgan fingerprint density at radius 1 is 0.941 bits per heavy atom. The van der Waals surface area contributed by atoms with Crippen LogP contribution >= 0.6 is 11.8 Å². The van der Waals surface area contributed by atoms with Crippen LogP contribution in [0.1, 0.15) is 12.5 Å². The molecule has 2 aromatic carbocycles. The van der Waals surface area contributed by atoms with Crippen LogP contribution in [0.4, 0.5) is 0 Å². The molecule has 1 heteroatoms. The van der Waals surface area contributed by atoms with Gasteiger partial charge in [-0.15, -0.1) is 18.3 Å². The molecule has 0 amide bonds. The van der Waals surface area contributed by atoms with E-state index in [-0.39, 0.29) is 4.75 Å². The quantitative estimate of drug-likeness (QED) is 0.542. The lowest BCUT2D eigenvalue weighted by Crippen LogP contribution is -2.13. The Bertz CT molecular complexity index is 475. The summed E-state index contributed by atoms with van der Waals surface area (Å²) in [6.45, 7) is 6.19. The molecule has 0 unspecified atom stereocenters. The van der Waals surface area contributed by atoms with Crippen molar-refractivity contribution >= 4 is 11.8 Å². The van der Waals surface area contributed by atoms with Crippen LogP contribution in [-0.4, -0.2) is 0 Å². The molecular formula is C16H16S. The van der Waals surface area contributed by atoms with Gasteiger partial charge in [-0.05, 0) is 24.6 Å². The van der Waals surface area contributed by atoms with Crippen LogP contribution in [0.3, 0.4) is 0 Å². The summed E-state index contributed by atoms with van der Waals surface area (Å²) in [5.74, 6) is 0. The second kappa shape index (κ2) is 5.24. The zero-order valence-corrected chi connectivity index (χ0v) is 10.8. The fourth-order valence-electron chi connectivity index (χ4n) is 1.72. The van der Waals surface area contributed by atoms with Crippen molar-refractivity contribution in [2.24, 2.45) is 0 Å². The average molecular weight is 240 g/mol. The first kappa shape index (κ1) is 12.0. The Morgan fingerprint density at radius 2 is 1.47 bits per heavy atom. The van der Waals surface area contributed by atoms with Crippen molar-refractivity contribution < 1.29 is 0 Å². The molecule has 0 bridgehead atoms. The van der Waals surface area contributed by atoms with Crippen LogP contribution in [0.2, 0.25) is 0 Å². The second-order valence-electron chi connectivity index (χ2n) is 4.09. The Balaban J connectivity index is 2.30. The third kappa shape index (κ3) is 2.80. The highest BCUT2D eigenvalue weighted by Crippen LogP contribution is 2.41. The summed E-state index contributed by atoms with van der Waals surface area (Å²) in [5, 5.41) is 0. The van der Waals surface area contributed by atoms with Crippen LogP contribution in [0.25, 0.3) is 0 Å². The van der Waals surface area contributed by atoms with E-state index in [1.165, 1.54) is 10.5 Å². The molecule has 0 aliphatic carbocycles. The first-order valence-electron chi connectivity index (χ1n) is 5.68. The molecule has 0 radical (unpaired) electrons. The van der Waals surface area contributed by atoms with Gasteiger partial charge in [0.1, 0.15) is 0 Å². The molecule has 0 aromatic heterocycles. The molecule has 17 heavy (non-hydrogen) atoms. The summed E-state index contributed by atoms with van der Waals surface area (Å²) in [6, 6.07) is 20.9. The first-order valence-corrected chi connectivity index (χ1v) is 6.49.